The van der Waals surface area contributed by atoms with E-state index in [-0.39, 0.29) is 30.9 Å². The molecule has 4 atom stereocenters. The molecule has 178 valence electrons. The van der Waals surface area contributed by atoms with Crippen LogP contribution in [0.5, 0.6) is 0 Å². The van der Waals surface area contributed by atoms with Crippen molar-refractivity contribution in [3.63, 3.8) is 0 Å². The van der Waals surface area contributed by atoms with Gasteiger partial charge in [-0.1, -0.05) is 13.8 Å². The summed E-state index contributed by atoms with van der Waals surface area (Å²) < 4.78 is 0. The minimum atomic E-state index is -1.24. The van der Waals surface area contributed by atoms with Crippen LogP contribution in [0.2, 0.25) is 0 Å². The number of hydrogen-bond acceptors (Lipinski definition) is 8. The lowest BCUT2D eigenvalue weighted by atomic mass is 10.0. The van der Waals surface area contributed by atoms with E-state index < -0.39 is 53.8 Å². The normalized spacial score (nSPS) is 14.8. The van der Waals surface area contributed by atoms with Gasteiger partial charge < -0.3 is 32.5 Å². The van der Waals surface area contributed by atoms with Crippen molar-refractivity contribution in [3.05, 3.63) is 0 Å². The average molecular weight is 480 g/mol. The molecule has 11 nitrogen and oxygen atoms in total. The lowest BCUT2D eigenvalue weighted by Gasteiger charge is -2.25. The van der Waals surface area contributed by atoms with Crippen LogP contribution in [0.1, 0.15) is 33.1 Å². The van der Waals surface area contributed by atoms with E-state index in [1.165, 1.54) is 11.8 Å². The van der Waals surface area contributed by atoms with Crippen molar-refractivity contribution in [1.82, 2.24) is 16.0 Å². The molecule has 0 rings (SSSR count). The van der Waals surface area contributed by atoms with Crippen molar-refractivity contribution in [1.29, 1.82) is 0 Å². The monoisotopic (exact) mass is 479 g/mol. The van der Waals surface area contributed by atoms with Crippen LogP contribution < -0.4 is 27.4 Å². The third kappa shape index (κ3) is 11.8. The summed E-state index contributed by atoms with van der Waals surface area (Å²) in [5, 5.41) is 16.5. The number of nitrogens with one attached hydrogen (secondary N) is 3. The third-order valence-corrected chi connectivity index (χ3v) is 5.15. The maximum absolute atomic E-state index is 12.8. The molecule has 0 fully saturated rings. The van der Waals surface area contributed by atoms with Gasteiger partial charge in [-0.15, -0.1) is 0 Å². The van der Waals surface area contributed by atoms with Gasteiger partial charge in [0.25, 0.3) is 0 Å². The van der Waals surface area contributed by atoms with Gasteiger partial charge in [-0.05, 0) is 30.8 Å². The minimum absolute atomic E-state index is 0.0126. The summed E-state index contributed by atoms with van der Waals surface area (Å²) in [6.45, 7) is 3.69. The van der Waals surface area contributed by atoms with Gasteiger partial charge in [-0.2, -0.15) is 24.4 Å². The molecule has 0 saturated carbocycles. The number of aliphatic carboxylic acids is 1. The zero-order chi connectivity index (χ0) is 24.1. The van der Waals surface area contributed by atoms with Crippen LogP contribution in [0, 0.1) is 5.92 Å². The molecule has 0 spiro atoms. The lowest BCUT2D eigenvalue weighted by Crippen LogP contribution is -2.57. The first-order valence-electron chi connectivity index (χ1n) is 9.70. The molecule has 4 unspecified atom stereocenters. The van der Waals surface area contributed by atoms with Gasteiger partial charge in [0, 0.05) is 5.75 Å². The van der Waals surface area contributed by atoms with Crippen LogP contribution in [-0.2, 0) is 24.0 Å². The standard InChI is InChI=1S/C18H33N5O6S2/c1-9(2)6-12(17(27)23-13(8-30)18(28)29)22-16(26)11(4-5-31-3)21-15(25)10(19)7-14(20)24/h9-13,30H,4-8,19H2,1-3H3,(H2,20,24)(H,21,25)(H,22,26)(H,23,27)(H,28,29). The second-order valence-corrected chi connectivity index (χ2v) is 8.74. The van der Waals surface area contributed by atoms with E-state index in [0.29, 0.717) is 5.75 Å². The Hall–Kier alpha value is -1.99. The van der Waals surface area contributed by atoms with E-state index >= 15 is 0 Å². The van der Waals surface area contributed by atoms with Gasteiger partial charge in [0.15, 0.2) is 0 Å². The Kier molecular flexibility index (Phi) is 14.0. The predicted molar refractivity (Wildman–Crippen MR) is 122 cm³/mol. The molecule has 8 N–H and O–H groups in total. The van der Waals surface area contributed by atoms with Gasteiger partial charge >= 0.3 is 5.97 Å². The Morgan fingerprint density at radius 3 is 1.94 bits per heavy atom. The number of nitrogens with two attached hydrogens (primary N) is 2. The van der Waals surface area contributed by atoms with Crippen molar-refractivity contribution in [2.75, 3.05) is 17.8 Å². The van der Waals surface area contributed by atoms with Crippen LogP contribution in [0.3, 0.4) is 0 Å². The van der Waals surface area contributed by atoms with Gasteiger partial charge in [0.05, 0.1) is 12.5 Å². The predicted octanol–water partition coefficient (Wildman–Crippen LogP) is -1.54. The maximum atomic E-state index is 12.8. The topological polar surface area (TPSA) is 194 Å². The van der Waals surface area contributed by atoms with E-state index in [2.05, 4.69) is 28.6 Å². The number of hydrogen-bond donors (Lipinski definition) is 7. The smallest absolute Gasteiger partial charge is 0.327 e. The highest BCUT2D eigenvalue weighted by atomic mass is 32.2. The zero-order valence-electron chi connectivity index (χ0n) is 17.9. The Bertz CT molecular complexity index is 649. The minimum Gasteiger partial charge on any atom is -0.480 e. The lowest BCUT2D eigenvalue weighted by molar-refractivity contribution is -0.141. The number of thioether (sulfide) groups is 1. The number of thiol groups is 1. The molecule has 31 heavy (non-hydrogen) atoms. The van der Waals surface area contributed by atoms with Crippen molar-refractivity contribution in [2.24, 2.45) is 17.4 Å². The van der Waals surface area contributed by atoms with Gasteiger partial charge in [0.1, 0.15) is 18.1 Å². The molecule has 0 aliphatic rings. The van der Waals surface area contributed by atoms with Crippen LogP contribution in [0.4, 0.5) is 0 Å². The summed E-state index contributed by atoms with van der Waals surface area (Å²) in [5.74, 6) is -3.57. The fourth-order valence-electron chi connectivity index (χ4n) is 2.53. The summed E-state index contributed by atoms with van der Waals surface area (Å²) >= 11 is 5.37. The second-order valence-electron chi connectivity index (χ2n) is 7.39. The molecule has 0 aromatic rings. The summed E-state index contributed by atoms with van der Waals surface area (Å²) in [6, 6.07) is -4.42. The number of primary amides is 1. The van der Waals surface area contributed by atoms with E-state index in [1.807, 2.05) is 20.1 Å². The molecule has 0 heterocycles. The maximum Gasteiger partial charge on any atom is 0.327 e. The molecular weight excluding hydrogens is 446 g/mol. The Morgan fingerprint density at radius 2 is 1.48 bits per heavy atom. The Morgan fingerprint density at radius 1 is 0.968 bits per heavy atom. The van der Waals surface area contributed by atoms with Crippen molar-refractivity contribution >= 4 is 54.0 Å². The molecule has 13 heteroatoms. The van der Waals surface area contributed by atoms with Gasteiger partial charge in [-0.3, -0.25) is 19.2 Å². The molecule has 0 aromatic carbocycles. The van der Waals surface area contributed by atoms with Crippen molar-refractivity contribution in [3.8, 4) is 0 Å². The molecule has 0 radical (unpaired) electrons. The van der Waals surface area contributed by atoms with Crippen LogP contribution >= 0.6 is 24.4 Å². The highest BCUT2D eigenvalue weighted by molar-refractivity contribution is 7.98. The molecule has 0 aliphatic carbocycles. The summed E-state index contributed by atoms with van der Waals surface area (Å²) in [5.41, 5.74) is 10.7. The highest BCUT2D eigenvalue weighted by Crippen LogP contribution is 2.08. The van der Waals surface area contributed by atoms with Crippen LogP contribution in [0.15, 0.2) is 0 Å². The van der Waals surface area contributed by atoms with E-state index in [1.54, 1.807) is 0 Å². The zero-order valence-corrected chi connectivity index (χ0v) is 19.6. The largest absolute Gasteiger partial charge is 0.480 e. The summed E-state index contributed by atoms with van der Waals surface area (Å²) in [4.78, 5) is 59.8. The van der Waals surface area contributed by atoms with E-state index in [9.17, 15) is 24.0 Å². The first-order valence-corrected chi connectivity index (χ1v) is 11.7. The number of rotatable bonds is 15. The average Bonchev–Trinajstić information content (AvgIpc) is 2.66. The van der Waals surface area contributed by atoms with Gasteiger partial charge in [-0.25, -0.2) is 4.79 Å². The molecule has 0 aliphatic heterocycles. The quantitative estimate of drug-likeness (QED) is 0.137. The molecule has 0 saturated heterocycles. The first-order chi connectivity index (χ1) is 14.4. The fraction of sp³-hybridized carbons (Fsp3) is 0.722. The summed E-state index contributed by atoms with van der Waals surface area (Å²) in [7, 11) is 0. The van der Waals surface area contributed by atoms with Gasteiger partial charge in [0.2, 0.25) is 23.6 Å². The highest BCUT2D eigenvalue weighted by Gasteiger charge is 2.30. The molecule has 0 bridgehead atoms. The number of carbonyl (C=O) groups excluding carboxylic acids is 4. The SMILES string of the molecule is CSCCC(NC(=O)C(N)CC(N)=O)C(=O)NC(CC(C)C)C(=O)NC(CS)C(=O)O. The number of carboxylic acids is 1. The fourth-order valence-corrected chi connectivity index (χ4v) is 3.24. The van der Waals surface area contributed by atoms with Crippen molar-refractivity contribution < 1.29 is 29.1 Å². The second kappa shape index (κ2) is 14.9. The molecule has 0 aromatic heterocycles. The Labute approximate surface area is 191 Å². The van der Waals surface area contributed by atoms with E-state index in [4.69, 9.17) is 16.6 Å². The number of amides is 4. The van der Waals surface area contributed by atoms with Crippen LogP contribution in [0.25, 0.3) is 0 Å². The summed E-state index contributed by atoms with van der Waals surface area (Å²) in [6.07, 6.45) is 1.96. The third-order valence-electron chi connectivity index (χ3n) is 4.14. The van der Waals surface area contributed by atoms with Crippen molar-refractivity contribution in [2.45, 2.75) is 57.3 Å². The van der Waals surface area contributed by atoms with Crippen LogP contribution in [-0.4, -0.2) is 76.6 Å². The first kappa shape index (κ1) is 29.0. The Balaban J connectivity index is 5.37. The molecular formula is C18H33N5O6S2. The van der Waals surface area contributed by atoms with E-state index in [0.717, 1.165) is 0 Å². The number of carbonyl (C=O) groups is 5. The number of carboxylic acid groups (broad SMARTS) is 1. The molecule has 4 amide bonds.